The quantitative estimate of drug-likeness (QED) is 0.431. The van der Waals surface area contributed by atoms with Gasteiger partial charge in [0.05, 0.1) is 0 Å². The molecule has 3 aromatic carbocycles. The predicted molar refractivity (Wildman–Crippen MR) is 109 cm³/mol. The highest BCUT2D eigenvalue weighted by atomic mass is 35.5. The van der Waals surface area contributed by atoms with E-state index in [1.807, 2.05) is 6.07 Å². The lowest BCUT2D eigenvalue weighted by Crippen LogP contribution is -2.13. The van der Waals surface area contributed by atoms with Gasteiger partial charge >= 0.3 is 0 Å². The summed E-state index contributed by atoms with van der Waals surface area (Å²) in [5, 5.41) is 12.3. The second kappa shape index (κ2) is 9.13. The first kappa shape index (κ1) is 20.2. The monoisotopic (exact) mass is 408 g/mol. The van der Waals surface area contributed by atoms with Crippen LogP contribution in [0.15, 0.2) is 72.3 Å². The van der Waals surface area contributed by atoms with Gasteiger partial charge in [0.25, 0.3) is 5.91 Å². The minimum atomic E-state index is -0.620. The number of hydrogen-bond acceptors (Lipinski definition) is 2. The van der Waals surface area contributed by atoms with Crippen molar-refractivity contribution in [2.24, 2.45) is 0 Å². The Balaban J connectivity index is 1.78. The standard InChI is InChI=1S/C23H15ClF2N2O/c24-21-12-15(5-6-16(21)13-17-3-1-2-4-22(17)26)11-18(14-27)23(29)28-20-9-7-19(25)8-10-20/h1-12H,13H2,(H,28,29)/b18-11+. The zero-order chi connectivity index (χ0) is 20.8. The van der Waals surface area contributed by atoms with Gasteiger partial charge in [-0.25, -0.2) is 8.78 Å². The molecule has 0 spiro atoms. The molecule has 3 nitrogen and oxygen atoms in total. The van der Waals surface area contributed by atoms with Crippen molar-refractivity contribution >= 4 is 29.3 Å². The van der Waals surface area contributed by atoms with E-state index in [0.717, 1.165) is 5.56 Å². The second-order valence-electron chi connectivity index (χ2n) is 6.25. The normalized spacial score (nSPS) is 11.0. The molecular weight excluding hydrogens is 394 g/mol. The van der Waals surface area contributed by atoms with Gasteiger partial charge in [-0.15, -0.1) is 0 Å². The van der Waals surface area contributed by atoms with Crippen molar-refractivity contribution in [2.45, 2.75) is 6.42 Å². The number of halogens is 3. The first-order chi connectivity index (χ1) is 14.0. The Morgan fingerprint density at radius 3 is 2.41 bits per heavy atom. The largest absolute Gasteiger partial charge is 0.321 e. The van der Waals surface area contributed by atoms with E-state index in [9.17, 15) is 18.8 Å². The topological polar surface area (TPSA) is 52.9 Å². The zero-order valence-corrected chi connectivity index (χ0v) is 15.9. The number of amides is 1. The van der Waals surface area contributed by atoms with E-state index >= 15 is 0 Å². The van der Waals surface area contributed by atoms with Crippen LogP contribution in [0.3, 0.4) is 0 Å². The van der Waals surface area contributed by atoms with Gasteiger partial charge in [0.2, 0.25) is 0 Å². The molecule has 0 aliphatic rings. The molecular formula is C23H15ClF2N2O. The van der Waals surface area contributed by atoms with Crippen LogP contribution >= 0.6 is 11.6 Å². The molecule has 3 aromatic rings. The minimum absolute atomic E-state index is 0.132. The summed E-state index contributed by atoms with van der Waals surface area (Å²) in [6.07, 6.45) is 1.73. The van der Waals surface area contributed by atoms with E-state index in [-0.39, 0.29) is 11.4 Å². The van der Waals surface area contributed by atoms with Crippen LogP contribution in [-0.2, 0) is 11.2 Å². The third-order valence-electron chi connectivity index (χ3n) is 4.19. The zero-order valence-electron chi connectivity index (χ0n) is 15.1. The van der Waals surface area contributed by atoms with Crippen LogP contribution in [0.5, 0.6) is 0 Å². The fraction of sp³-hybridized carbons (Fsp3) is 0.0435. The Bertz CT molecular complexity index is 1120. The maximum absolute atomic E-state index is 13.8. The average Bonchev–Trinajstić information content (AvgIpc) is 2.71. The first-order valence-corrected chi connectivity index (χ1v) is 9.04. The maximum atomic E-state index is 13.8. The molecule has 6 heteroatoms. The van der Waals surface area contributed by atoms with Crippen molar-refractivity contribution in [1.82, 2.24) is 0 Å². The summed E-state index contributed by atoms with van der Waals surface area (Å²) in [6.45, 7) is 0. The Hall–Kier alpha value is -3.49. The van der Waals surface area contributed by atoms with Crippen LogP contribution in [0, 0.1) is 23.0 Å². The first-order valence-electron chi connectivity index (χ1n) is 8.67. The number of anilines is 1. The van der Waals surface area contributed by atoms with Gasteiger partial charge in [0.1, 0.15) is 23.3 Å². The molecule has 0 aliphatic carbocycles. The summed E-state index contributed by atoms with van der Waals surface area (Å²) >= 11 is 6.31. The van der Waals surface area contributed by atoms with Gasteiger partial charge in [-0.3, -0.25) is 4.79 Å². The predicted octanol–water partition coefficient (Wildman–Crippen LogP) is 5.75. The molecule has 3 rings (SSSR count). The molecule has 0 aliphatic heterocycles. The molecule has 0 radical (unpaired) electrons. The van der Waals surface area contributed by atoms with Crippen molar-refractivity contribution in [3.63, 3.8) is 0 Å². The molecule has 1 N–H and O–H groups in total. The van der Waals surface area contributed by atoms with E-state index in [2.05, 4.69) is 5.32 Å². The van der Waals surface area contributed by atoms with Gasteiger partial charge in [-0.05, 0) is 59.2 Å². The Labute approximate surface area is 171 Å². The summed E-state index contributed by atoms with van der Waals surface area (Å²) in [6, 6.07) is 18.5. The second-order valence-corrected chi connectivity index (χ2v) is 6.66. The average molecular weight is 409 g/mol. The molecule has 29 heavy (non-hydrogen) atoms. The van der Waals surface area contributed by atoms with Crippen molar-refractivity contribution in [1.29, 1.82) is 5.26 Å². The van der Waals surface area contributed by atoms with Crippen LogP contribution in [0.2, 0.25) is 5.02 Å². The molecule has 0 unspecified atom stereocenters. The van der Waals surface area contributed by atoms with Crippen LogP contribution in [0.4, 0.5) is 14.5 Å². The highest BCUT2D eigenvalue weighted by molar-refractivity contribution is 6.31. The van der Waals surface area contributed by atoms with Crippen molar-refractivity contribution in [3.8, 4) is 6.07 Å². The van der Waals surface area contributed by atoms with E-state index in [1.54, 1.807) is 36.4 Å². The summed E-state index contributed by atoms with van der Waals surface area (Å²) in [7, 11) is 0. The van der Waals surface area contributed by atoms with Crippen molar-refractivity contribution in [2.75, 3.05) is 5.32 Å². The Kier molecular flexibility index (Phi) is 6.38. The number of nitrogens with zero attached hydrogens (tertiary/aromatic N) is 1. The fourth-order valence-electron chi connectivity index (χ4n) is 2.69. The number of benzene rings is 3. The van der Waals surface area contributed by atoms with Crippen molar-refractivity contribution < 1.29 is 13.6 Å². The maximum Gasteiger partial charge on any atom is 0.266 e. The molecule has 0 bridgehead atoms. The Morgan fingerprint density at radius 1 is 1.03 bits per heavy atom. The number of carbonyl (C=O) groups excluding carboxylic acids is 1. The molecule has 0 atom stereocenters. The molecule has 0 heterocycles. The molecule has 144 valence electrons. The number of rotatable bonds is 5. The highest BCUT2D eigenvalue weighted by Crippen LogP contribution is 2.23. The molecule has 1 amide bonds. The minimum Gasteiger partial charge on any atom is -0.321 e. The lowest BCUT2D eigenvalue weighted by atomic mass is 10.0. The van der Waals surface area contributed by atoms with Crippen LogP contribution in [0.25, 0.3) is 6.08 Å². The highest BCUT2D eigenvalue weighted by Gasteiger charge is 2.11. The number of nitriles is 1. The van der Waals surface area contributed by atoms with Gasteiger partial charge in [0, 0.05) is 17.1 Å². The summed E-state index contributed by atoms with van der Waals surface area (Å²) in [4.78, 5) is 12.3. The van der Waals surface area contributed by atoms with Crippen molar-refractivity contribution in [3.05, 3.63) is 106 Å². The summed E-state index contributed by atoms with van der Waals surface area (Å²) in [5.74, 6) is -1.36. The fourth-order valence-corrected chi connectivity index (χ4v) is 2.95. The Morgan fingerprint density at radius 2 is 1.76 bits per heavy atom. The summed E-state index contributed by atoms with van der Waals surface area (Å²) < 4.78 is 26.8. The van der Waals surface area contributed by atoms with Crippen LogP contribution in [-0.4, -0.2) is 5.91 Å². The lowest BCUT2D eigenvalue weighted by molar-refractivity contribution is -0.112. The number of hydrogen-bond donors (Lipinski definition) is 1. The van der Waals surface area contributed by atoms with Gasteiger partial charge < -0.3 is 5.32 Å². The number of carbonyl (C=O) groups is 1. The number of nitrogens with one attached hydrogen (secondary N) is 1. The SMILES string of the molecule is N#C/C(=C\c1ccc(Cc2ccccc2F)c(Cl)c1)C(=O)Nc1ccc(F)cc1. The smallest absolute Gasteiger partial charge is 0.266 e. The molecule has 0 fully saturated rings. The molecule has 0 aromatic heterocycles. The third kappa shape index (κ3) is 5.28. The van der Waals surface area contributed by atoms with Crippen LogP contribution < -0.4 is 5.32 Å². The summed E-state index contributed by atoms with van der Waals surface area (Å²) in [5.41, 5.74) is 2.04. The van der Waals surface area contributed by atoms with E-state index in [1.165, 1.54) is 36.4 Å². The molecule has 0 saturated carbocycles. The van der Waals surface area contributed by atoms with E-state index < -0.39 is 11.7 Å². The van der Waals surface area contributed by atoms with E-state index in [4.69, 9.17) is 11.6 Å². The third-order valence-corrected chi connectivity index (χ3v) is 4.55. The van der Waals surface area contributed by atoms with Crippen LogP contribution in [0.1, 0.15) is 16.7 Å². The lowest BCUT2D eigenvalue weighted by Gasteiger charge is -2.07. The van der Waals surface area contributed by atoms with E-state index in [0.29, 0.717) is 28.3 Å². The molecule has 0 saturated heterocycles. The van der Waals surface area contributed by atoms with Gasteiger partial charge in [0.15, 0.2) is 0 Å². The van der Waals surface area contributed by atoms with Gasteiger partial charge in [-0.1, -0.05) is 41.9 Å². The van der Waals surface area contributed by atoms with Gasteiger partial charge in [-0.2, -0.15) is 5.26 Å².